The SMILES string of the molecule is CC(=O)N1CCC(Oc2ccc(NC(=O)c3c(C)nsc3Cc3cnc4ccccc4n3)cn2)CC1. The molecule has 36 heavy (non-hydrogen) atoms. The van der Waals surface area contributed by atoms with Crippen LogP contribution in [0.2, 0.25) is 0 Å². The Balaban J connectivity index is 1.23. The number of nitrogens with one attached hydrogen (secondary N) is 1. The van der Waals surface area contributed by atoms with Gasteiger partial charge in [-0.25, -0.2) is 9.97 Å². The van der Waals surface area contributed by atoms with Gasteiger partial charge in [0.25, 0.3) is 5.91 Å². The number of benzene rings is 1. The van der Waals surface area contributed by atoms with Crippen molar-refractivity contribution in [2.75, 3.05) is 18.4 Å². The molecule has 4 heterocycles. The van der Waals surface area contributed by atoms with E-state index in [0.717, 1.165) is 34.4 Å². The third-order valence-corrected chi connectivity index (χ3v) is 7.10. The zero-order valence-electron chi connectivity index (χ0n) is 20.1. The number of pyridine rings is 1. The predicted molar refractivity (Wildman–Crippen MR) is 137 cm³/mol. The van der Waals surface area contributed by atoms with Crippen LogP contribution in [0.3, 0.4) is 0 Å². The zero-order valence-corrected chi connectivity index (χ0v) is 20.9. The topological polar surface area (TPSA) is 110 Å². The summed E-state index contributed by atoms with van der Waals surface area (Å²) in [7, 11) is 0. The number of carbonyl (C=O) groups excluding carboxylic acids is 2. The molecule has 5 rings (SSSR count). The lowest BCUT2D eigenvalue weighted by Gasteiger charge is -2.31. The Kier molecular flexibility index (Phi) is 6.86. The summed E-state index contributed by atoms with van der Waals surface area (Å²) in [4.78, 5) is 40.8. The number of ether oxygens (including phenoxy) is 1. The summed E-state index contributed by atoms with van der Waals surface area (Å²) in [5, 5.41) is 2.92. The summed E-state index contributed by atoms with van der Waals surface area (Å²) in [5.74, 6) is 0.353. The largest absolute Gasteiger partial charge is 0.474 e. The van der Waals surface area contributed by atoms with Gasteiger partial charge in [-0.3, -0.25) is 14.6 Å². The van der Waals surface area contributed by atoms with E-state index in [0.29, 0.717) is 42.3 Å². The molecule has 4 aromatic rings. The van der Waals surface area contributed by atoms with Crippen LogP contribution in [-0.2, 0) is 11.2 Å². The minimum atomic E-state index is -0.239. The van der Waals surface area contributed by atoms with E-state index in [1.807, 2.05) is 36.1 Å². The average Bonchev–Trinajstić information content (AvgIpc) is 3.25. The molecule has 1 saturated heterocycles. The van der Waals surface area contributed by atoms with Gasteiger partial charge < -0.3 is 15.0 Å². The third kappa shape index (κ3) is 5.33. The first kappa shape index (κ1) is 23.8. The van der Waals surface area contributed by atoms with Gasteiger partial charge >= 0.3 is 0 Å². The normalized spacial score (nSPS) is 14.1. The molecule has 1 aliphatic heterocycles. The van der Waals surface area contributed by atoms with Crippen LogP contribution in [0.4, 0.5) is 5.69 Å². The van der Waals surface area contributed by atoms with Crippen molar-refractivity contribution in [2.24, 2.45) is 0 Å². The van der Waals surface area contributed by atoms with Crippen molar-refractivity contribution in [2.45, 2.75) is 39.2 Å². The van der Waals surface area contributed by atoms with Crippen LogP contribution in [-0.4, -0.2) is 55.2 Å². The fourth-order valence-corrected chi connectivity index (χ4v) is 5.13. The van der Waals surface area contributed by atoms with Gasteiger partial charge in [0.05, 0.1) is 39.9 Å². The van der Waals surface area contributed by atoms with Crippen LogP contribution in [0.25, 0.3) is 11.0 Å². The Morgan fingerprint density at radius 3 is 2.58 bits per heavy atom. The molecule has 0 atom stereocenters. The van der Waals surface area contributed by atoms with Gasteiger partial charge in [-0.1, -0.05) is 12.1 Å². The maximum atomic E-state index is 13.1. The first-order valence-electron chi connectivity index (χ1n) is 11.8. The molecule has 0 saturated carbocycles. The fourth-order valence-electron chi connectivity index (χ4n) is 4.25. The van der Waals surface area contributed by atoms with Crippen LogP contribution < -0.4 is 10.1 Å². The van der Waals surface area contributed by atoms with Crippen LogP contribution >= 0.6 is 11.5 Å². The molecule has 0 bridgehead atoms. The number of piperidine rings is 1. The van der Waals surface area contributed by atoms with E-state index >= 15 is 0 Å². The number of anilines is 1. The predicted octanol–water partition coefficient (Wildman–Crippen LogP) is 4.02. The molecule has 0 spiro atoms. The highest BCUT2D eigenvalue weighted by atomic mass is 32.1. The Bertz CT molecular complexity index is 1400. The monoisotopic (exact) mass is 502 g/mol. The number of aryl methyl sites for hydroxylation is 1. The Hall–Kier alpha value is -3.92. The first-order valence-corrected chi connectivity index (χ1v) is 12.6. The molecule has 1 aliphatic rings. The van der Waals surface area contributed by atoms with Crippen molar-refractivity contribution < 1.29 is 14.3 Å². The van der Waals surface area contributed by atoms with Crippen LogP contribution in [0.15, 0.2) is 48.8 Å². The molecule has 2 amide bonds. The maximum absolute atomic E-state index is 13.1. The summed E-state index contributed by atoms with van der Waals surface area (Å²) < 4.78 is 10.4. The number of amides is 2. The Labute approximate surface area is 212 Å². The van der Waals surface area contributed by atoms with Gasteiger partial charge in [-0.2, -0.15) is 4.37 Å². The average molecular weight is 503 g/mol. The molecular weight excluding hydrogens is 476 g/mol. The number of nitrogens with zero attached hydrogens (tertiary/aromatic N) is 5. The van der Waals surface area contributed by atoms with Gasteiger partial charge in [-0.05, 0) is 36.7 Å². The quantitative estimate of drug-likeness (QED) is 0.424. The second-order valence-corrected chi connectivity index (χ2v) is 9.61. The van der Waals surface area contributed by atoms with Crippen molar-refractivity contribution in [1.29, 1.82) is 0 Å². The van der Waals surface area contributed by atoms with Gasteiger partial charge in [0.1, 0.15) is 6.10 Å². The number of fused-ring (bicyclic) bond motifs is 1. The number of rotatable bonds is 6. The van der Waals surface area contributed by atoms with Crippen LogP contribution in [0.5, 0.6) is 5.88 Å². The highest BCUT2D eigenvalue weighted by molar-refractivity contribution is 7.06. The number of likely N-dealkylation sites (tertiary alicyclic amines) is 1. The summed E-state index contributed by atoms with van der Waals surface area (Å²) in [6.45, 7) is 4.79. The van der Waals surface area contributed by atoms with Crippen LogP contribution in [0, 0.1) is 6.92 Å². The van der Waals surface area contributed by atoms with E-state index in [1.165, 1.54) is 11.5 Å². The van der Waals surface area contributed by atoms with E-state index in [2.05, 4.69) is 24.6 Å². The number of hydrogen-bond donors (Lipinski definition) is 1. The highest BCUT2D eigenvalue weighted by Gasteiger charge is 2.23. The number of aromatic nitrogens is 4. The van der Waals surface area contributed by atoms with Crippen LogP contribution in [0.1, 0.15) is 46.4 Å². The summed E-state index contributed by atoms with van der Waals surface area (Å²) in [6.07, 6.45) is 5.37. The summed E-state index contributed by atoms with van der Waals surface area (Å²) in [6, 6.07) is 11.2. The molecule has 3 aromatic heterocycles. The summed E-state index contributed by atoms with van der Waals surface area (Å²) >= 11 is 1.30. The van der Waals surface area contributed by atoms with Gasteiger partial charge in [0.15, 0.2) is 0 Å². The van der Waals surface area contributed by atoms with Gasteiger partial charge in [0.2, 0.25) is 11.8 Å². The number of para-hydroxylation sites is 2. The number of hydrogen-bond acceptors (Lipinski definition) is 8. The van der Waals surface area contributed by atoms with Crippen molar-refractivity contribution >= 4 is 40.1 Å². The van der Waals surface area contributed by atoms with Crippen molar-refractivity contribution in [3.05, 3.63) is 70.6 Å². The van der Waals surface area contributed by atoms with E-state index in [-0.39, 0.29) is 17.9 Å². The second-order valence-electron chi connectivity index (χ2n) is 8.76. The standard InChI is InChI=1S/C26H26N6O3S/c1-16-25(23(36-31-16)13-19-15-27-21-5-3-4-6-22(21)29-19)26(34)30-18-7-8-24(28-14-18)35-20-9-11-32(12-10-20)17(2)33/h3-8,14-15,20H,9-13H2,1-2H3,(H,30,34). The molecule has 0 unspecified atom stereocenters. The molecular formula is C26H26N6O3S. The molecule has 1 fully saturated rings. The Morgan fingerprint density at radius 2 is 1.86 bits per heavy atom. The molecule has 10 heteroatoms. The van der Waals surface area contributed by atoms with E-state index < -0.39 is 0 Å². The number of carbonyl (C=O) groups is 2. The first-order chi connectivity index (χ1) is 17.5. The lowest BCUT2D eigenvalue weighted by Crippen LogP contribution is -2.40. The minimum Gasteiger partial charge on any atom is -0.474 e. The smallest absolute Gasteiger partial charge is 0.258 e. The van der Waals surface area contributed by atoms with E-state index in [1.54, 1.807) is 31.5 Å². The maximum Gasteiger partial charge on any atom is 0.258 e. The lowest BCUT2D eigenvalue weighted by atomic mass is 10.1. The summed E-state index contributed by atoms with van der Waals surface area (Å²) in [5.41, 5.74) is 4.23. The lowest BCUT2D eigenvalue weighted by molar-refractivity contribution is -0.130. The molecule has 1 N–H and O–H groups in total. The molecule has 0 aliphatic carbocycles. The molecule has 0 radical (unpaired) electrons. The van der Waals surface area contributed by atoms with Gasteiger partial charge in [-0.15, -0.1) is 0 Å². The van der Waals surface area contributed by atoms with E-state index in [9.17, 15) is 9.59 Å². The van der Waals surface area contributed by atoms with Gasteiger partial charge in [0, 0.05) is 56.4 Å². The van der Waals surface area contributed by atoms with Crippen molar-refractivity contribution in [1.82, 2.24) is 24.2 Å². The fraction of sp³-hybridized carbons (Fsp3) is 0.308. The van der Waals surface area contributed by atoms with Crippen molar-refractivity contribution in [3.8, 4) is 5.88 Å². The molecule has 184 valence electrons. The Morgan fingerprint density at radius 1 is 1.08 bits per heavy atom. The third-order valence-electron chi connectivity index (χ3n) is 6.17. The zero-order chi connectivity index (χ0) is 25.1. The van der Waals surface area contributed by atoms with Crippen molar-refractivity contribution in [3.63, 3.8) is 0 Å². The minimum absolute atomic E-state index is 0.0221. The molecule has 9 nitrogen and oxygen atoms in total. The molecule has 1 aromatic carbocycles. The van der Waals surface area contributed by atoms with E-state index in [4.69, 9.17) is 4.74 Å². The second kappa shape index (κ2) is 10.4. The highest BCUT2D eigenvalue weighted by Crippen LogP contribution is 2.24.